The normalized spacial score (nSPS) is 15.2. The first kappa shape index (κ1) is 15.6. The van der Waals surface area contributed by atoms with Crippen molar-refractivity contribution < 1.29 is 13.6 Å². The second-order valence-corrected chi connectivity index (χ2v) is 4.92. The molecule has 0 radical (unpaired) electrons. The second kappa shape index (κ2) is 6.63. The molecule has 1 amide bonds. The van der Waals surface area contributed by atoms with Crippen LogP contribution in [0, 0.1) is 15.2 Å². The van der Waals surface area contributed by atoms with E-state index in [1.807, 2.05) is 0 Å². The fourth-order valence-corrected chi connectivity index (χ4v) is 2.20. The number of hydrogen-bond donors (Lipinski definition) is 1. The topological polar surface area (TPSA) is 32.3 Å². The Morgan fingerprint density at radius 2 is 1.89 bits per heavy atom. The summed E-state index contributed by atoms with van der Waals surface area (Å²) in [7, 11) is 0. The minimum absolute atomic E-state index is 0. The maximum atomic E-state index is 13.8. The Balaban J connectivity index is 0.00000162. The van der Waals surface area contributed by atoms with Crippen LogP contribution >= 0.6 is 35.0 Å². The molecule has 1 N–H and O–H groups in total. The van der Waals surface area contributed by atoms with Gasteiger partial charge >= 0.3 is 0 Å². The molecule has 0 bridgehead atoms. The Labute approximate surface area is 123 Å². The van der Waals surface area contributed by atoms with Crippen molar-refractivity contribution in [1.29, 1.82) is 0 Å². The van der Waals surface area contributed by atoms with Crippen molar-refractivity contribution in [2.75, 3.05) is 26.2 Å². The van der Waals surface area contributed by atoms with Crippen LogP contribution in [0.15, 0.2) is 12.1 Å². The number of piperazine rings is 1. The first-order chi connectivity index (χ1) is 8.11. The number of amides is 1. The quantitative estimate of drug-likeness (QED) is 0.590. The lowest BCUT2D eigenvalue weighted by atomic mass is 10.1. The lowest BCUT2D eigenvalue weighted by molar-refractivity contribution is 0.0725. The molecule has 1 aliphatic heterocycles. The van der Waals surface area contributed by atoms with Gasteiger partial charge in [0.1, 0.15) is 11.4 Å². The van der Waals surface area contributed by atoms with Crippen LogP contribution in [-0.2, 0) is 0 Å². The van der Waals surface area contributed by atoms with Gasteiger partial charge in [-0.15, -0.1) is 12.4 Å². The molecule has 1 saturated heterocycles. The highest BCUT2D eigenvalue weighted by atomic mass is 127. The number of nitrogens with zero attached hydrogens (tertiary/aromatic N) is 1. The zero-order chi connectivity index (χ0) is 12.4. The number of hydrogen-bond acceptors (Lipinski definition) is 2. The van der Waals surface area contributed by atoms with Crippen LogP contribution in [0.2, 0.25) is 0 Å². The van der Waals surface area contributed by atoms with Gasteiger partial charge in [-0.2, -0.15) is 0 Å². The van der Waals surface area contributed by atoms with Gasteiger partial charge in [-0.3, -0.25) is 4.79 Å². The van der Waals surface area contributed by atoms with E-state index >= 15 is 0 Å². The van der Waals surface area contributed by atoms with Gasteiger partial charge < -0.3 is 10.2 Å². The molecule has 1 fully saturated rings. The molecule has 1 aliphatic rings. The summed E-state index contributed by atoms with van der Waals surface area (Å²) in [5, 5.41) is 3.08. The predicted octanol–water partition coefficient (Wildman–Crippen LogP) is 2.04. The third kappa shape index (κ3) is 3.10. The minimum atomic E-state index is -0.800. The molecule has 18 heavy (non-hydrogen) atoms. The molecule has 100 valence electrons. The molecular formula is C11H12ClF2IN2O. The Kier molecular flexibility index (Phi) is 5.74. The molecular weight excluding hydrogens is 376 g/mol. The maximum Gasteiger partial charge on any atom is 0.259 e. The molecule has 0 unspecified atom stereocenters. The number of halogens is 4. The van der Waals surface area contributed by atoms with Gasteiger partial charge in [0, 0.05) is 29.7 Å². The highest BCUT2D eigenvalue weighted by molar-refractivity contribution is 14.1. The third-order valence-electron chi connectivity index (χ3n) is 2.66. The summed E-state index contributed by atoms with van der Waals surface area (Å²) in [6, 6.07) is 2.44. The number of nitrogens with one attached hydrogen (secondary N) is 1. The van der Waals surface area contributed by atoms with Crippen LogP contribution in [-0.4, -0.2) is 37.0 Å². The molecule has 2 rings (SSSR count). The van der Waals surface area contributed by atoms with Gasteiger partial charge in [0.05, 0.1) is 0 Å². The van der Waals surface area contributed by atoms with E-state index in [1.165, 1.54) is 11.0 Å². The number of carbonyl (C=O) groups is 1. The highest BCUT2D eigenvalue weighted by Crippen LogP contribution is 2.20. The molecule has 3 nitrogen and oxygen atoms in total. The molecule has 0 atom stereocenters. The van der Waals surface area contributed by atoms with Crippen LogP contribution < -0.4 is 5.32 Å². The van der Waals surface area contributed by atoms with Gasteiger partial charge in [-0.1, -0.05) is 0 Å². The minimum Gasteiger partial charge on any atom is -0.336 e. The van der Waals surface area contributed by atoms with Gasteiger partial charge in [0.15, 0.2) is 5.82 Å². The summed E-state index contributed by atoms with van der Waals surface area (Å²) in [4.78, 5) is 13.5. The predicted molar refractivity (Wildman–Crippen MR) is 75.1 cm³/mol. The van der Waals surface area contributed by atoms with Gasteiger partial charge in [0.25, 0.3) is 5.91 Å². The molecule has 0 spiro atoms. The highest BCUT2D eigenvalue weighted by Gasteiger charge is 2.25. The van der Waals surface area contributed by atoms with Gasteiger partial charge in [0.2, 0.25) is 0 Å². The standard InChI is InChI=1S/C11H11F2IN2O.ClH/c12-7-1-2-8(14)10(13)9(7)11(17)16-5-3-15-4-6-16;/h1-2,15H,3-6H2;1H. The van der Waals surface area contributed by atoms with Crippen LogP contribution in [0.25, 0.3) is 0 Å². The fourth-order valence-electron chi connectivity index (χ4n) is 1.75. The Morgan fingerprint density at radius 3 is 2.50 bits per heavy atom. The molecule has 0 aliphatic carbocycles. The van der Waals surface area contributed by atoms with Crippen LogP contribution in [0.1, 0.15) is 10.4 Å². The molecule has 0 saturated carbocycles. The van der Waals surface area contributed by atoms with Crippen molar-refractivity contribution in [3.63, 3.8) is 0 Å². The summed E-state index contributed by atoms with van der Waals surface area (Å²) in [5.41, 5.74) is -0.446. The SMILES string of the molecule is Cl.O=C(c1c(F)ccc(I)c1F)N1CCNCC1. The van der Waals surface area contributed by atoms with Crippen molar-refractivity contribution >= 4 is 40.9 Å². The summed E-state index contributed by atoms with van der Waals surface area (Å²) in [6.45, 7) is 2.25. The zero-order valence-electron chi connectivity index (χ0n) is 9.38. The lowest BCUT2D eigenvalue weighted by Crippen LogP contribution is -2.46. The van der Waals surface area contributed by atoms with Crippen molar-refractivity contribution in [3.05, 3.63) is 32.9 Å². The summed E-state index contributed by atoms with van der Waals surface area (Å²) in [5.74, 6) is -2.14. The molecule has 1 heterocycles. The zero-order valence-corrected chi connectivity index (χ0v) is 12.4. The monoisotopic (exact) mass is 388 g/mol. The maximum absolute atomic E-state index is 13.8. The van der Waals surface area contributed by atoms with E-state index in [-0.39, 0.29) is 16.0 Å². The van der Waals surface area contributed by atoms with E-state index in [4.69, 9.17) is 0 Å². The van der Waals surface area contributed by atoms with Crippen LogP contribution in [0.3, 0.4) is 0 Å². The van der Waals surface area contributed by atoms with E-state index in [0.29, 0.717) is 26.2 Å². The van der Waals surface area contributed by atoms with Crippen molar-refractivity contribution in [2.24, 2.45) is 0 Å². The fraction of sp³-hybridized carbons (Fsp3) is 0.364. The van der Waals surface area contributed by atoms with Crippen molar-refractivity contribution in [3.8, 4) is 0 Å². The second-order valence-electron chi connectivity index (χ2n) is 3.76. The summed E-state index contributed by atoms with van der Waals surface area (Å²) >= 11 is 1.75. The average molecular weight is 389 g/mol. The van der Waals surface area contributed by atoms with E-state index in [0.717, 1.165) is 6.07 Å². The first-order valence-corrected chi connectivity index (χ1v) is 6.32. The van der Waals surface area contributed by atoms with E-state index in [9.17, 15) is 13.6 Å². The Morgan fingerprint density at radius 1 is 1.28 bits per heavy atom. The first-order valence-electron chi connectivity index (χ1n) is 5.24. The van der Waals surface area contributed by atoms with Crippen molar-refractivity contribution in [2.45, 2.75) is 0 Å². The van der Waals surface area contributed by atoms with Crippen LogP contribution in [0.5, 0.6) is 0 Å². The smallest absolute Gasteiger partial charge is 0.259 e. The number of carbonyl (C=O) groups excluding carboxylic acids is 1. The van der Waals surface area contributed by atoms with E-state index in [1.54, 1.807) is 22.6 Å². The Bertz CT molecular complexity index is 453. The van der Waals surface area contributed by atoms with Crippen LogP contribution in [0.4, 0.5) is 8.78 Å². The largest absolute Gasteiger partial charge is 0.336 e. The molecule has 1 aromatic rings. The van der Waals surface area contributed by atoms with Gasteiger partial charge in [-0.25, -0.2) is 8.78 Å². The number of rotatable bonds is 1. The lowest BCUT2D eigenvalue weighted by Gasteiger charge is -2.27. The average Bonchev–Trinajstić information content (AvgIpc) is 2.35. The van der Waals surface area contributed by atoms with Crippen molar-refractivity contribution in [1.82, 2.24) is 10.2 Å². The van der Waals surface area contributed by atoms with E-state index < -0.39 is 23.1 Å². The molecule has 0 aromatic heterocycles. The Hall–Kier alpha value is -0.470. The summed E-state index contributed by atoms with van der Waals surface area (Å²) in [6.07, 6.45) is 0. The molecule has 1 aromatic carbocycles. The summed E-state index contributed by atoms with van der Waals surface area (Å²) < 4.78 is 27.5. The van der Waals surface area contributed by atoms with Gasteiger partial charge in [-0.05, 0) is 34.7 Å². The molecule has 7 heteroatoms. The number of benzene rings is 1. The van der Waals surface area contributed by atoms with E-state index in [2.05, 4.69) is 5.32 Å². The third-order valence-corrected chi connectivity index (χ3v) is 3.50.